The third kappa shape index (κ3) is 5.46. The van der Waals surface area contributed by atoms with E-state index in [0.29, 0.717) is 5.69 Å². The van der Waals surface area contributed by atoms with E-state index in [-0.39, 0.29) is 5.92 Å². The number of carbonyl (C=O) groups excluding carboxylic acids is 1. The van der Waals surface area contributed by atoms with Gasteiger partial charge in [0.05, 0.1) is 5.69 Å². The van der Waals surface area contributed by atoms with E-state index in [2.05, 4.69) is 10.3 Å². The number of nitrogens with one attached hydrogen (secondary N) is 2. The Bertz CT molecular complexity index is 460. The number of rotatable bonds is 5. The summed E-state index contributed by atoms with van der Waals surface area (Å²) in [6, 6.07) is 1.03. The van der Waals surface area contributed by atoms with Gasteiger partial charge in [-0.15, -0.1) is 0 Å². The highest BCUT2D eigenvalue weighted by Crippen LogP contribution is 2.15. The minimum atomic E-state index is -4.41. The summed E-state index contributed by atoms with van der Waals surface area (Å²) in [6.07, 6.45) is -1.24. The van der Waals surface area contributed by atoms with Crippen molar-refractivity contribution in [2.24, 2.45) is 5.92 Å². The number of pyridine rings is 1. The third-order valence-electron chi connectivity index (χ3n) is 2.61. The number of amides is 1. The van der Waals surface area contributed by atoms with Gasteiger partial charge in [-0.25, -0.2) is 0 Å². The molecule has 7 heteroatoms. The number of hydrogen-bond donors (Lipinski definition) is 2. The van der Waals surface area contributed by atoms with Crippen molar-refractivity contribution in [1.82, 2.24) is 10.3 Å². The van der Waals surface area contributed by atoms with Crippen molar-refractivity contribution >= 4 is 11.6 Å². The topological polar surface area (TPSA) is 54.0 Å². The van der Waals surface area contributed by atoms with E-state index < -0.39 is 24.7 Å². The van der Waals surface area contributed by atoms with Crippen molar-refractivity contribution in [3.05, 3.63) is 24.0 Å². The van der Waals surface area contributed by atoms with Crippen LogP contribution in [0.5, 0.6) is 0 Å². The number of carbonyl (C=O) groups is 1. The van der Waals surface area contributed by atoms with E-state index >= 15 is 0 Å². The number of aryl methyl sites for hydroxylation is 1. The van der Waals surface area contributed by atoms with Gasteiger partial charge in [0, 0.05) is 12.4 Å². The number of hydrogen-bond acceptors (Lipinski definition) is 3. The number of anilines is 1. The second-order valence-electron chi connectivity index (χ2n) is 4.95. The summed E-state index contributed by atoms with van der Waals surface area (Å²) in [4.78, 5) is 15.8. The van der Waals surface area contributed by atoms with Crippen molar-refractivity contribution in [2.75, 3.05) is 11.9 Å². The average molecular weight is 289 g/mol. The second-order valence-corrected chi connectivity index (χ2v) is 4.95. The predicted molar refractivity (Wildman–Crippen MR) is 70.3 cm³/mol. The van der Waals surface area contributed by atoms with Gasteiger partial charge in [-0.3, -0.25) is 9.78 Å². The van der Waals surface area contributed by atoms with E-state index in [1.165, 1.54) is 6.20 Å². The lowest BCUT2D eigenvalue weighted by atomic mass is 10.0. The molecule has 2 N–H and O–H groups in total. The third-order valence-corrected chi connectivity index (χ3v) is 2.61. The molecule has 1 heterocycles. The molecular formula is C13H18F3N3O. The maximum atomic E-state index is 12.1. The summed E-state index contributed by atoms with van der Waals surface area (Å²) < 4.78 is 36.3. The Morgan fingerprint density at radius 1 is 1.35 bits per heavy atom. The highest BCUT2D eigenvalue weighted by atomic mass is 19.4. The summed E-state index contributed by atoms with van der Waals surface area (Å²) in [5, 5.41) is 4.81. The molecule has 20 heavy (non-hydrogen) atoms. The van der Waals surface area contributed by atoms with Crippen LogP contribution in [0.3, 0.4) is 0 Å². The molecular weight excluding hydrogens is 271 g/mol. The van der Waals surface area contributed by atoms with Gasteiger partial charge in [-0.2, -0.15) is 13.2 Å². The molecule has 0 bridgehead atoms. The molecule has 1 aromatic heterocycles. The first-order valence-electron chi connectivity index (χ1n) is 6.21. The molecule has 0 saturated heterocycles. The summed E-state index contributed by atoms with van der Waals surface area (Å²) >= 11 is 0. The standard InChI is InChI=1S/C13H18F3N3O/c1-8(2)11(12(20)18-7-13(14,15)16)19-10-4-9(3)5-17-6-10/h4-6,8,11,19H,7H2,1-3H3,(H,18,20). The van der Waals surface area contributed by atoms with Crippen LogP contribution < -0.4 is 10.6 Å². The van der Waals surface area contributed by atoms with Crippen LogP contribution in [0.1, 0.15) is 19.4 Å². The Balaban J connectivity index is 2.72. The maximum absolute atomic E-state index is 12.1. The van der Waals surface area contributed by atoms with Gasteiger partial charge >= 0.3 is 6.18 Å². The van der Waals surface area contributed by atoms with Crippen molar-refractivity contribution in [3.8, 4) is 0 Å². The summed E-state index contributed by atoms with van der Waals surface area (Å²) in [5.74, 6) is -0.845. The summed E-state index contributed by atoms with van der Waals surface area (Å²) in [5.41, 5.74) is 1.50. The zero-order valence-corrected chi connectivity index (χ0v) is 11.6. The van der Waals surface area contributed by atoms with Crippen LogP contribution in [0.4, 0.5) is 18.9 Å². The lowest BCUT2D eigenvalue weighted by Crippen LogP contribution is -2.46. The Labute approximate surface area is 115 Å². The SMILES string of the molecule is Cc1cncc(NC(C(=O)NCC(F)(F)F)C(C)C)c1. The fraction of sp³-hybridized carbons (Fsp3) is 0.538. The van der Waals surface area contributed by atoms with Crippen molar-refractivity contribution in [3.63, 3.8) is 0 Å². The fourth-order valence-corrected chi connectivity index (χ4v) is 1.65. The number of alkyl halides is 3. The minimum absolute atomic E-state index is 0.163. The second kappa shape index (κ2) is 6.58. The number of nitrogens with zero attached hydrogens (tertiary/aromatic N) is 1. The van der Waals surface area contributed by atoms with Gasteiger partial charge in [0.1, 0.15) is 12.6 Å². The fourth-order valence-electron chi connectivity index (χ4n) is 1.65. The van der Waals surface area contributed by atoms with Crippen LogP contribution in [0.25, 0.3) is 0 Å². The zero-order chi connectivity index (χ0) is 15.3. The molecule has 1 rings (SSSR count). The molecule has 0 radical (unpaired) electrons. The lowest BCUT2D eigenvalue weighted by Gasteiger charge is -2.23. The molecule has 4 nitrogen and oxygen atoms in total. The van der Waals surface area contributed by atoms with Crippen molar-refractivity contribution in [2.45, 2.75) is 33.0 Å². The van der Waals surface area contributed by atoms with Gasteiger partial charge in [0.2, 0.25) is 5.91 Å². The molecule has 0 spiro atoms. The van der Waals surface area contributed by atoms with Gasteiger partial charge < -0.3 is 10.6 Å². The molecule has 0 saturated carbocycles. The van der Waals surface area contributed by atoms with Crippen molar-refractivity contribution in [1.29, 1.82) is 0 Å². The van der Waals surface area contributed by atoms with Crippen LogP contribution in [-0.2, 0) is 4.79 Å². The van der Waals surface area contributed by atoms with Gasteiger partial charge in [0.25, 0.3) is 0 Å². The molecule has 1 unspecified atom stereocenters. The first-order chi connectivity index (χ1) is 9.19. The molecule has 0 aliphatic heterocycles. The van der Waals surface area contributed by atoms with E-state index in [1.807, 2.05) is 12.2 Å². The van der Waals surface area contributed by atoms with Crippen LogP contribution in [-0.4, -0.2) is 29.7 Å². The van der Waals surface area contributed by atoms with E-state index in [0.717, 1.165) is 5.56 Å². The van der Waals surface area contributed by atoms with E-state index in [1.54, 1.807) is 26.1 Å². The molecule has 0 aliphatic rings. The lowest BCUT2D eigenvalue weighted by molar-refractivity contribution is -0.139. The van der Waals surface area contributed by atoms with Crippen LogP contribution in [0.15, 0.2) is 18.5 Å². The molecule has 1 atom stereocenters. The molecule has 112 valence electrons. The minimum Gasteiger partial charge on any atom is -0.372 e. The number of aromatic nitrogens is 1. The maximum Gasteiger partial charge on any atom is 0.405 e. The Hall–Kier alpha value is -1.79. The van der Waals surface area contributed by atoms with Gasteiger partial charge in [-0.1, -0.05) is 13.8 Å². The highest BCUT2D eigenvalue weighted by molar-refractivity contribution is 5.84. The molecule has 0 aromatic carbocycles. The van der Waals surface area contributed by atoms with Gasteiger partial charge in [-0.05, 0) is 24.5 Å². The molecule has 0 fully saturated rings. The Kier molecular flexibility index (Phi) is 5.35. The first-order valence-corrected chi connectivity index (χ1v) is 6.21. The zero-order valence-electron chi connectivity index (χ0n) is 11.6. The smallest absolute Gasteiger partial charge is 0.372 e. The first kappa shape index (κ1) is 16.3. The van der Waals surface area contributed by atoms with Crippen LogP contribution >= 0.6 is 0 Å². The van der Waals surface area contributed by atoms with Crippen molar-refractivity contribution < 1.29 is 18.0 Å². The Morgan fingerprint density at radius 2 is 2.00 bits per heavy atom. The number of halogens is 3. The molecule has 0 aliphatic carbocycles. The predicted octanol–water partition coefficient (Wildman–Crippen LogP) is 2.51. The van der Waals surface area contributed by atoms with E-state index in [9.17, 15) is 18.0 Å². The Morgan fingerprint density at radius 3 is 2.50 bits per heavy atom. The van der Waals surface area contributed by atoms with Gasteiger partial charge in [0.15, 0.2) is 0 Å². The summed E-state index contributed by atoms with van der Waals surface area (Å²) in [6.45, 7) is 4.03. The van der Waals surface area contributed by atoms with Crippen LogP contribution in [0, 0.1) is 12.8 Å². The largest absolute Gasteiger partial charge is 0.405 e. The molecule has 1 aromatic rings. The molecule has 1 amide bonds. The van der Waals surface area contributed by atoms with E-state index in [4.69, 9.17) is 0 Å². The normalized spacial score (nSPS) is 13.2. The average Bonchev–Trinajstić information content (AvgIpc) is 2.32. The summed E-state index contributed by atoms with van der Waals surface area (Å²) in [7, 11) is 0. The van der Waals surface area contributed by atoms with Crippen LogP contribution in [0.2, 0.25) is 0 Å². The highest BCUT2D eigenvalue weighted by Gasteiger charge is 2.30. The quantitative estimate of drug-likeness (QED) is 0.875. The monoisotopic (exact) mass is 289 g/mol.